The summed E-state index contributed by atoms with van der Waals surface area (Å²) in [4.78, 5) is 12.0. The predicted octanol–water partition coefficient (Wildman–Crippen LogP) is 3.86. The monoisotopic (exact) mass is 355 g/mol. The van der Waals surface area contributed by atoms with Crippen molar-refractivity contribution in [2.45, 2.75) is 19.6 Å². The molecule has 0 spiro atoms. The van der Waals surface area contributed by atoms with Crippen LogP contribution in [0.5, 0.6) is 5.75 Å². The van der Waals surface area contributed by atoms with E-state index in [4.69, 9.17) is 22.1 Å². The number of hydrogen-bond acceptors (Lipinski definition) is 6. The number of anilines is 2. The molecule has 0 fully saturated rings. The molecule has 3 rings (SSSR count). The van der Waals surface area contributed by atoms with Crippen LogP contribution in [-0.2, 0) is 6.61 Å². The first-order valence-electron chi connectivity index (χ1n) is 7.78. The van der Waals surface area contributed by atoms with Gasteiger partial charge in [-0.15, -0.1) is 0 Å². The van der Waals surface area contributed by atoms with E-state index in [1.54, 1.807) is 18.5 Å². The van der Waals surface area contributed by atoms with Crippen molar-refractivity contribution in [3.8, 4) is 5.75 Å². The van der Waals surface area contributed by atoms with Crippen molar-refractivity contribution in [3.63, 3.8) is 0 Å². The molecule has 1 aromatic carbocycles. The molecule has 1 atom stereocenters. The lowest BCUT2D eigenvalue weighted by atomic mass is 10.1. The first-order chi connectivity index (χ1) is 12.1. The van der Waals surface area contributed by atoms with Gasteiger partial charge in [0.05, 0.1) is 0 Å². The van der Waals surface area contributed by atoms with Gasteiger partial charge in [0, 0.05) is 30.1 Å². The number of nitrogens with two attached hydrogens (primary N) is 1. The number of aromatic nitrogens is 3. The van der Waals surface area contributed by atoms with Crippen LogP contribution < -0.4 is 15.8 Å². The molecule has 0 radical (unpaired) electrons. The Kier molecular flexibility index (Phi) is 5.30. The van der Waals surface area contributed by atoms with Crippen LogP contribution in [0, 0.1) is 0 Å². The van der Waals surface area contributed by atoms with Gasteiger partial charge in [0.15, 0.2) is 0 Å². The van der Waals surface area contributed by atoms with E-state index in [1.165, 1.54) is 0 Å². The van der Waals surface area contributed by atoms with Gasteiger partial charge < -0.3 is 15.8 Å². The van der Waals surface area contributed by atoms with E-state index >= 15 is 0 Å². The lowest BCUT2D eigenvalue weighted by Gasteiger charge is -2.16. The van der Waals surface area contributed by atoms with Gasteiger partial charge in [0.1, 0.15) is 23.3 Å². The average molecular weight is 356 g/mol. The van der Waals surface area contributed by atoms with Crippen LogP contribution in [0.1, 0.15) is 24.1 Å². The molecule has 3 aromatic rings. The molecule has 7 heteroatoms. The lowest BCUT2D eigenvalue weighted by Crippen LogP contribution is -2.09. The Balaban J connectivity index is 1.61. The second-order valence-electron chi connectivity index (χ2n) is 5.52. The summed E-state index contributed by atoms with van der Waals surface area (Å²) in [6.07, 6.45) is 3.53. The maximum Gasteiger partial charge on any atom is 0.223 e. The highest BCUT2D eigenvalue weighted by molar-refractivity contribution is 6.29. The molecule has 0 saturated heterocycles. The zero-order valence-electron chi connectivity index (χ0n) is 13.7. The van der Waals surface area contributed by atoms with Crippen LogP contribution in [0.3, 0.4) is 0 Å². The zero-order valence-corrected chi connectivity index (χ0v) is 14.4. The maximum absolute atomic E-state index is 5.89. The number of hydrogen-bond donors (Lipinski definition) is 2. The molecular formula is C18H18ClN5O. The van der Waals surface area contributed by atoms with Gasteiger partial charge >= 0.3 is 0 Å². The minimum Gasteiger partial charge on any atom is -0.489 e. The molecule has 3 N–H and O–H groups in total. The molecule has 0 saturated carbocycles. The third kappa shape index (κ3) is 4.81. The highest BCUT2D eigenvalue weighted by atomic mass is 35.5. The molecule has 0 bridgehead atoms. The molecule has 2 aromatic heterocycles. The van der Waals surface area contributed by atoms with E-state index in [9.17, 15) is 0 Å². The van der Waals surface area contributed by atoms with Crippen LogP contribution >= 0.6 is 11.6 Å². The fourth-order valence-electron chi connectivity index (χ4n) is 2.32. The molecule has 1 unspecified atom stereocenters. The van der Waals surface area contributed by atoms with Crippen LogP contribution in [0.25, 0.3) is 0 Å². The van der Waals surface area contributed by atoms with Gasteiger partial charge in [-0.25, -0.2) is 4.98 Å². The summed E-state index contributed by atoms with van der Waals surface area (Å²) >= 11 is 5.89. The fourth-order valence-corrected chi connectivity index (χ4v) is 2.51. The van der Waals surface area contributed by atoms with Gasteiger partial charge in [-0.1, -0.05) is 29.8 Å². The number of benzene rings is 1. The van der Waals surface area contributed by atoms with Gasteiger partial charge in [-0.2, -0.15) is 4.98 Å². The summed E-state index contributed by atoms with van der Waals surface area (Å²) < 4.78 is 5.76. The summed E-state index contributed by atoms with van der Waals surface area (Å²) in [6.45, 7) is 2.51. The van der Waals surface area contributed by atoms with Gasteiger partial charge in [0.25, 0.3) is 0 Å². The van der Waals surface area contributed by atoms with Gasteiger partial charge in [0.2, 0.25) is 5.95 Å². The van der Waals surface area contributed by atoms with Crippen molar-refractivity contribution in [1.29, 1.82) is 0 Å². The van der Waals surface area contributed by atoms with Crippen LogP contribution in [0.15, 0.2) is 54.9 Å². The van der Waals surface area contributed by atoms with E-state index in [2.05, 4.69) is 20.3 Å². The second-order valence-corrected chi connectivity index (χ2v) is 5.91. The molecule has 25 heavy (non-hydrogen) atoms. The van der Waals surface area contributed by atoms with Crippen LogP contribution in [-0.4, -0.2) is 15.0 Å². The van der Waals surface area contributed by atoms with E-state index in [0.29, 0.717) is 17.6 Å². The third-order valence-electron chi connectivity index (χ3n) is 3.58. The van der Waals surface area contributed by atoms with Gasteiger partial charge in [-0.05, 0) is 30.7 Å². The summed E-state index contributed by atoms with van der Waals surface area (Å²) in [6, 6.07) is 13.4. The van der Waals surface area contributed by atoms with Crippen molar-refractivity contribution in [3.05, 3.63) is 71.1 Å². The molecule has 0 aliphatic heterocycles. The molecule has 128 valence electrons. The Morgan fingerprint density at radius 3 is 2.68 bits per heavy atom. The summed E-state index contributed by atoms with van der Waals surface area (Å²) in [7, 11) is 0. The highest BCUT2D eigenvalue weighted by Crippen LogP contribution is 2.22. The largest absolute Gasteiger partial charge is 0.489 e. The summed E-state index contributed by atoms with van der Waals surface area (Å²) in [5, 5.41) is 3.56. The maximum atomic E-state index is 5.89. The Labute approximate surface area is 151 Å². The van der Waals surface area contributed by atoms with Crippen molar-refractivity contribution in [2.24, 2.45) is 0 Å². The predicted molar refractivity (Wildman–Crippen MR) is 98.5 cm³/mol. The zero-order chi connectivity index (χ0) is 17.6. The second kappa shape index (κ2) is 7.81. The Morgan fingerprint density at radius 2 is 2.00 bits per heavy atom. The van der Waals surface area contributed by atoms with E-state index in [0.717, 1.165) is 16.9 Å². The molecule has 6 nitrogen and oxygen atoms in total. The van der Waals surface area contributed by atoms with Gasteiger partial charge in [-0.3, -0.25) is 4.98 Å². The first kappa shape index (κ1) is 17.0. The summed E-state index contributed by atoms with van der Waals surface area (Å²) in [5.74, 6) is 1.53. The molecule has 0 aliphatic rings. The fraction of sp³-hybridized carbons (Fsp3) is 0.167. The van der Waals surface area contributed by atoms with Crippen molar-refractivity contribution < 1.29 is 4.74 Å². The van der Waals surface area contributed by atoms with Crippen molar-refractivity contribution in [2.75, 3.05) is 11.1 Å². The number of rotatable bonds is 6. The van der Waals surface area contributed by atoms with Crippen molar-refractivity contribution >= 4 is 23.4 Å². The minimum absolute atomic E-state index is 0.0257. The number of pyridine rings is 1. The summed E-state index contributed by atoms with van der Waals surface area (Å²) in [5.41, 5.74) is 7.72. The topological polar surface area (TPSA) is 86.0 Å². The Morgan fingerprint density at radius 1 is 1.20 bits per heavy atom. The number of nitrogens with zero attached hydrogens (tertiary/aromatic N) is 3. The third-order valence-corrected chi connectivity index (χ3v) is 3.78. The Hall–Kier alpha value is -2.86. The highest BCUT2D eigenvalue weighted by Gasteiger charge is 2.08. The quantitative estimate of drug-likeness (QED) is 0.653. The smallest absolute Gasteiger partial charge is 0.223 e. The minimum atomic E-state index is 0.0257. The lowest BCUT2D eigenvalue weighted by molar-refractivity contribution is 0.305. The number of nitrogen functional groups attached to an aromatic ring is 1. The number of halogens is 1. The number of nitrogens with one attached hydrogen (secondary N) is 1. The van der Waals surface area contributed by atoms with Crippen LogP contribution in [0.2, 0.25) is 5.15 Å². The van der Waals surface area contributed by atoms with Crippen molar-refractivity contribution in [1.82, 2.24) is 15.0 Å². The average Bonchev–Trinajstić information content (AvgIpc) is 2.60. The van der Waals surface area contributed by atoms with E-state index < -0.39 is 0 Å². The van der Waals surface area contributed by atoms with E-state index in [1.807, 2.05) is 43.3 Å². The number of ether oxygens (including phenoxy) is 1. The Bertz CT molecular complexity index is 806. The normalized spacial score (nSPS) is 11.8. The van der Waals surface area contributed by atoms with Crippen LogP contribution in [0.4, 0.5) is 11.8 Å². The first-order valence-corrected chi connectivity index (χ1v) is 8.16. The standard InChI is InChI=1S/C18H18ClN5O/c1-12(22-17-9-16(19)23-18(20)24-17)14-4-6-15(7-5-14)25-11-13-3-2-8-21-10-13/h2-10,12H,11H2,1H3,(H3,20,22,23,24). The molecule has 2 heterocycles. The van der Waals surface area contributed by atoms with E-state index in [-0.39, 0.29) is 12.0 Å². The molecule has 0 amide bonds. The SMILES string of the molecule is CC(Nc1cc(Cl)nc(N)n1)c1ccc(OCc2cccnc2)cc1. The molecular weight excluding hydrogens is 338 g/mol. The molecule has 0 aliphatic carbocycles.